The molecule has 0 aliphatic rings. The van der Waals surface area contributed by atoms with Gasteiger partial charge in [-0.05, 0) is 29.8 Å². The van der Waals surface area contributed by atoms with E-state index in [2.05, 4.69) is 4.98 Å². The summed E-state index contributed by atoms with van der Waals surface area (Å²) in [4.78, 5) is 16.9. The third kappa shape index (κ3) is 3.46. The molecule has 1 aromatic carbocycles. The molecule has 22 heavy (non-hydrogen) atoms. The standard InChI is InChI=1S/C16H18N2O4/c1-18(15-7-5-12(9-17-15)16(19)20)10-11-4-6-13(21-2)14(8-11)22-3/h4-9H,10H2,1-3H3,(H,19,20). The van der Waals surface area contributed by atoms with Gasteiger partial charge in [-0.15, -0.1) is 0 Å². The van der Waals surface area contributed by atoms with E-state index < -0.39 is 5.97 Å². The number of methoxy groups -OCH3 is 2. The van der Waals surface area contributed by atoms with Crippen molar-refractivity contribution in [1.82, 2.24) is 4.98 Å². The minimum absolute atomic E-state index is 0.170. The number of carboxylic acid groups (broad SMARTS) is 1. The highest BCUT2D eigenvalue weighted by molar-refractivity contribution is 5.87. The SMILES string of the molecule is COc1ccc(CN(C)c2ccc(C(=O)O)cn2)cc1OC. The Labute approximate surface area is 128 Å². The molecule has 0 atom stereocenters. The molecule has 1 N–H and O–H groups in total. The highest BCUT2D eigenvalue weighted by Crippen LogP contribution is 2.28. The maximum absolute atomic E-state index is 10.8. The number of aromatic nitrogens is 1. The van der Waals surface area contributed by atoms with Crippen LogP contribution in [-0.4, -0.2) is 37.3 Å². The predicted octanol–water partition coefficient (Wildman–Crippen LogP) is 2.43. The molecule has 116 valence electrons. The lowest BCUT2D eigenvalue weighted by Crippen LogP contribution is -2.18. The van der Waals surface area contributed by atoms with Crippen LogP contribution in [0.1, 0.15) is 15.9 Å². The fourth-order valence-electron chi connectivity index (χ4n) is 2.07. The number of nitrogens with zero attached hydrogens (tertiary/aromatic N) is 2. The Morgan fingerprint density at radius 1 is 1.18 bits per heavy atom. The summed E-state index contributed by atoms with van der Waals surface area (Å²) in [6, 6.07) is 8.92. The second-order valence-corrected chi connectivity index (χ2v) is 4.76. The first kappa shape index (κ1) is 15.6. The molecule has 6 heteroatoms. The number of ether oxygens (including phenoxy) is 2. The van der Waals surface area contributed by atoms with Crippen LogP contribution in [0.2, 0.25) is 0 Å². The molecule has 6 nitrogen and oxygen atoms in total. The normalized spacial score (nSPS) is 10.1. The lowest BCUT2D eigenvalue weighted by Gasteiger charge is -2.19. The van der Waals surface area contributed by atoms with Gasteiger partial charge in [0.05, 0.1) is 19.8 Å². The van der Waals surface area contributed by atoms with E-state index in [1.165, 1.54) is 12.3 Å². The zero-order chi connectivity index (χ0) is 16.1. The average molecular weight is 302 g/mol. The van der Waals surface area contributed by atoms with Gasteiger partial charge < -0.3 is 19.5 Å². The molecule has 2 rings (SSSR count). The molecular weight excluding hydrogens is 284 g/mol. The van der Waals surface area contributed by atoms with Gasteiger partial charge in [0.15, 0.2) is 11.5 Å². The molecular formula is C16H18N2O4. The Kier molecular flexibility index (Phi) is 4.83. The minimum Gasteiger partial charge on any atom is -0.493 e. The Morgan fingerprint density at radius 3 is 2.45 bits per heavy atom. The lowest BCUT2D eigenvalue weighted by atomic mass is 10.2. The highest BCUT2D eigenvalue weighted by Gasteiger charge is 2.09. The Bertz CT molecular complexity index is 656. The summed E-state index contributed by atoms with van der Waals surface area (Å²) < 4.78 is 10.5. The molecule has 0 unspecified atom stereocenters. The monoisotopic (exact) mass is 302 g/mol. The number of hydrogen-bond acceptors (Lipinski definition) is 5. The van der Waals surface area contributed by atoms with Crippen molar-refractivity contribution in [1.29, 1.82) is 0 Å². The number of carboxylic acids is 1. The van der Waals surface area contributed by atoms with Gasteiger partial charge in [0, 0.05) is 19.8 Å². The zero-order valence-corrected chi connectivity index (χ0v) is 12.7. The van der Waals surface area contributed by atoms with Crippen molar-refractivity contribution in [2.45, 2.75) is 6.54 Å². The van der Waals surface area contributed by atoms with Gasteiger partial charge in [-0.25, -0.2) is 9.78 Å². The van der Waals surface area contributed by atoms with Crippen molar-refractivity contribution in [2.24, 2.45) is 0 Å². The van der Waals surface area contributed by atoms with Crippen LogP contribution in [0, 0.1) is 0 Å². The number of hydrogen-bond donors (Lipinski definition) is 1. The maximum atomic E-state index is 10.8. The largest absolute Gasteiger partial charge is 0.493 e. The summed E-state index contributed by atoms with van der Waals surface area (Å²) in [7, 11) is 5.08. The van der Waals surface area contributed by atoms with Crippen LogP contribution in [0.4, 0.5) is 5.82 Å². The molecule has 0 aliphatic heterocycles. The predicted molar refractivity (Wildman–Crippen MR) is 82.8 cm³/mol. The van der Waals surface area contributed by atoms with Crippen LogP contribution in [0.5, 0.6) is 11.5 Å². The molecule has 0 aliphatic carbocycles. The molecule has 0 saturated heterocycles. The Morgan fingerprint density at radius 2 is 1.91 bits per heavy atom. The molecule has 2 aromatic rings. The molecule has 0 fully saturated rings. The Balaban J connectivity index is 2.14. The van der Waals surface area contributed by atoms with Crippen molar-refractivity contribution < 1.29 is 19.4 Å². The van der Waals surface area contributed by atoms with Gasteiger partial charge in [0.25, 0.3) is 0 Å². The van der Waals surface area contributed by atoms with Crippen LogP contribution in [0.25, 0.3) is 0 Å². The molecule has 0 spiro atoms. The van der Waals surface area contributed by atoms with Crippen LogP contribution in [0.3, 0.4) is 0 Å². The van der Waals surface area contributed by atoms with E-state index in [0.717, 1.165) is 5.56 Å². The number of carbonyl (C=O) groups is 1. The first-order chi connectivity index (χ1) is 10.5. The summed E-state index contributed by atoms with van der Waals surface area (Å²) in [5.41, 5.74) is 1.20. The first-order valence-electron chi connectivity index (χ1n) is 6.66. The van der Waals surface area contributed by atoms with E-state index in [1.54, 1.807) is 20.3 Å². The van der Waals surface area contributed by atoms with Crippen LogP contribution >= 0.6 is 0 Å². The lowest BCUT2D eigenvalue weighted by molar-refractivity contribution is 0.0696. The van der Waals surface area contributed by atoms with Gasteiger partial charge in [0.2, 0.25) is 0 Å². The average Bonchev–Trinajstić information content (AvgIpc) is 2.54. The molecule has 0 bridgehead atoms. The first-order valence-corrected chi connectivity index (χ1v) is 6.66. The van der Waals surface area contributed by atoms with E-state index in [4.69, 9.17) is 14.6 Å². The molecule has 1 heterocycles. The van der Waals surface area contributed by atoms with Crippen LogP contribution in [-0.2, 0) is 6.54 Å². The number of aromatic carboxylic acids is 1. The van der Waals surface area contributed by atoms with Gasteiger partial charge in [-0.2, -0.15) is 0 Å². The summed E-state index contributed by atoms with van der Waals surface area (Å²) >= 11 is 0. The summed E-state index contributed by atoms with van der Waals surface area (Å²) in [5.74, 6) is 1.06. The number of benzene rings is 1. The van der Waals surface area contributed by atoms with E-state index in [9.17, 15) is 4.79 Å². The van der Waals surface area contributed by atoms with Crippen molar-refractivity contribution >= 4 is 11.8 Å². The van der Waals surface area contributed by atoms with Gasteiger partial charge >= 0.3 is 5.97 Å². The third-order valence-corrected chi connectivity index (χ3v) is 3.25. The van der Waals surface area contributed by atoms with E-state index in [-0.39, 0.29) is 5.56 Å². The fourth-order valence-corrected chi connectivity index (χ4v) is 2.07. The molecule has 0 amide bonds. The second-order valence-electron chi connectivity index (χ2n) is 4.76. The zero-order valence-electron chi connectivity index (χ0n) is 12.7. The van der Waals surface area contributed by atoms with Crippen LogP contribution in [0.15, 0.2) is 36.5 Å². The summed E-state index contributed by atoms with van der Waals surface area (Å²) in [6.07, 6.45) is 1.35. The third-order valence-electron chi connectivity index (χ3n) is 3.25. The van der Waals surface area contributed by atoms with Gasteiger partial charge in [-0.1, -0.05) is 6.07 Å². The second kappa shape index (κ2) is 6.80. The quantitative estimate of drug-likeness (QED) is 0.883. The molecule has 0 radical (unpaired) electrons. The van der Waals surface area contributed by atoms with E-state index >= 15 is 0 Å². The van der Waals surface area contributed by atoms with E-state index in [0.29, 0.717) is 23.9 Å². The highest BCUT2D eigenvalue weighted by atomic mass is 16.5. The van der Waals surface area contributed by atoms with Crippen LogP contribution < -0.4 is 14.4 Å². The van der Waals surface area contributed by atoms with Crippen molar-refractivity contribution in [3.8, 4) is 11.5 Å². The van der Waals surface area contributed by atoms with Crippen molar-refractivity contribution in [3.63, 3.8) is 0 Å². The van der Waals surface area contributed by atoms with Crippen molar-refractivity contribution in [3.05, 3.63) is 47.7 Å². The topological polar surface area (TPSA) is 71.9 Å². The maximum Gasteiger partial charge on any atom is 0.337 e. The summed E-state index contributed by atoms with van der Waals surface area (Å²) in [6.45, 7) is 0.611. The number of pyridine rings is 1. The summed E-state index contributed by atoms with van der Waals surface area (Å²) in [5, 5.41) is 8.88. The minimum atomic E-state index is -0.985. The van der Waals surface area contributed by atoms with E-state index in [1.807, 2.05) is 30.1 Å². The Hall–Kier alpha value is -2.76. The number of rotatable bonds is 6. The molecule has 1 aromatic heterocycles. The fraction of sp³-hybridized carbons (Fsp3) is 0.250. The van der Waals surface area contributed by atoms with Gasteiger partial charge in [0.1, 0.15) is 5.82 Å². The number of anilines is 1. The van der Waals surface area contributed by atoms with Crippen molar-refractivity contribution in [2.75, 3.05) is 26.2 Å². The smallest absolute Gasteiger partial charge is 0.337 e. The van der Waals surface area contributed by atoms with Gasteiger partial charge in [-0.3, -0.25) is 0 Å². The molecule has 0 saturated carbocycles.